The van der Waals surface area contributed by atoms with Crippen LogP contribution in [0, 0.1) is 0 Å². The van der Waals surface area contributed by atoms with Crippen molar-refractivity contribution in [2.45, 2.75) is 19.3 Å². The van der Waals surface area contributed by atoms with Gasteiger partial charge >= 0.3 is 121 Å². The molecule has 1 aliphatic rings. The predicted molar refractivity (Wildman–Crippen MR) is 254 cm³/mol. The van der Waals surface area contributed by atoms with Crippen molar-refractivity contribution < 1.29 is 34.4 Å². The Hall–Kier alpha value is -5.21. The van der Waals surface area contributed by atoms with Gasteiger partial charge < -0.3 is 4.74 Å². The maximum absolute atomic E-state index is 11.1. The van der Waals surface area contributed by atoms with E-state index in [1.165, 1.54) is 43.0 Å². The van der Waals surface area contributed by atoms with E-state index in [4.69, 9.17) is 13.4 Å². The van der Waals surface area contributed by atoms with Gasteiger partial charge in [0.05, 0.1) is 0 Å². The van der Waals surface area contributed by atoms with Crippen molar-refractivity contribution in [3.63, 3.8) is 0 Å². The van der Waals surface area contributed by atoms with Crippen LogP contribution in [-0.4, -0.2) is 14.7 Å². The first-order valence-electron chi connectivity index (χ1n) is 19.8. The number of nitrogen functional groups attached to an aromatic ring is 1. The fourth-order valence-corrected chi connectivity index (χ4v) is 14.4. The van der Waals surface area contributed by atoms with Gasteiger partial charge in [-0.3, -0.25) is 0 Å². The van der Waals surface area contributed by atoms with Gasteiger partial charge in [0.15, 0.2) is 0 Å². The molecule has 0 aliphatic carbocycles. The number of fused-ring (bicyclic) bond motifs is 2. The fourth-order valence-electron chi connectivity index (χ4n) is 7.55. The van der Waals surface area contributed by atoms with Crippen LogP contribution >= 0.6 is 15.8 Å². The molecule has 8 aromatic carbocycles. The van der Waals surface area contributed by atoms with Crippen LogP contribution in [0.15, 0.2) is 206 Å². The normalized spacial score (nSPS) is 12.8. The van der Waals surface area contributed by atoms with Gasteiger partial charge in [0.1, 0.15) is 11.5 Å². The molecule has 9 rings (SSSR count). The van der Waals surface area contributed by atoms with Gasteiger partial charge in [0, 0.05) is 27.2 Å². The Balaban J connectivity index is 0.000000227. The SMILES string of the molecule is CC1(C)c2cccc(P(c3ccccc3)c3ccccc3)c2Oc2c(P(c3ccccc3)c3ccccc3)cccc21.CS(=O)(=O)[O][Pd][c]1ccccc1-c1ccccc1N. The van der Waals surface area contributed by atoms with E-state index in [2.05, 4.69) is 172 Å². The minimum atomic E-state index is -3.44. The molecule has 0 saturated heterocycles. The molecular formula is C52H45NO4P2PdS. The van der Waals surface area contributed by atoms with E-state index in [9.17, 15) is 8.42 Å². The zero-order valence-electron chi connectivity index (χ0n) is 34.0. The van der Waals surface area contributed by atoms with Crippen LogP contribution in [0.1, 0.15) is 25.0 Å². The molecule has 0 spiro atoms. The molecule has 8 aromatic rings. The molecule has 0 atom stereocenters. The summed E-state index contributed by atoms with van der Waals surface area (Å²) in [5, 5.41) is 7.81. The topological polar surface area (TPSA) is 78.6 Å². The molecule has 1 heterocycles. The summed E-state index contributed by atoms with van der Waals surface area (Å²) in [7, 11) is -5.09. The van der Waals surface area contributed by atoms with Gasteiger partial charge in [-0.15, -0.1) is 0 Å². The summed E-state index contributed by atoms with van der Waals surface area (Å²) in [6.07, 6.45) is 1.05. The summed E-state index contributed by atoms with van der Waals surface area (Å²) in [5.74, 6) is 2.02. The standard InChI is InChI=1S/C39H32OP2.C12H10N.CH4O3S.Pd/c1-39(2)33-25-15-27-35(41(29-17-7-3-8-18-29)30-19-9-4-10-20-30)37(33)40-38-34(39)26-16-28-36(38)42(31-21-11-5-12-22-31)32-23-13-6-14-24-32;13-12-9-5-4-8-11(12)10-6-2-1-3-7-10;1-5(2,3)4;/h3-28H,1-2H3;1-6,8-9H,13H2;1H3,(H,2,3,4);/q;;;+1/p-1. The first kappa shape index (κ1) is 42.5. The zero-order valence-corrected chi connectivity index (χ0v) is 38.1. The molecule has 1 aliphatic heterocycles. The van der Waals surface area contributed by atoms with Crippen LogP contribution in [0.4, 0.5) is 5.69 Å². The number of hydrogen-bond acceptors (Lipinski definition) is 5. The minimum absolute atomic E-state index is 0.225. The Bertz CT molecular complexity index is 2650. The van der Waals surface area contributed by atoms with E-state index in [1.54, 1.807) is 0 Å². The van der Waals surface area contributed by atoms with Crippen molar-refractivity contribution in [3.8, 4) is 22.6 Å². The third-order valence-corrected chi connectivity index (χ3v) is 18.4. The van der Waals surface area contributed by atoms with E-state index < -0.39 is 44.3 Å². The van der Waals surface area contributed by atoms with Gasteiger partial charge in [-0.2, -0.15) is 0 Å². The quantitative estimate of drug-likeness (QED) is 0.0842. The zero-order chi connectivity index (χ0) is 42.4. The molecule has 0 aromatic heterocycles. The van der Waals surface area contributed by atoms with Gasteiger partial charge in [-0.25, -0.2) is 0 Å². The van der Waals surface area contributed by atoms with Gasteiger partial charge in [0.25, 0.3) is 0 Å². The third kappa shape index (κ3) is 9.50. The summed E-state index contributed by atoms with van der Waals surface area (Å²) in [5.41, 5.74) is 10.7. The summed E-state index contributed by atoms with van der Waals surface area (Å²) in [4.78, 5) is 0. The second kappa shape index (κ2) is 18.8. The van der Waals surface area contributed by atoms with Gasteiger partial charge in [-0.1, -0.05) is 172 Å². The van der Waals surface area contributed by atoms with Crippen molar-refractivity contribution in [3.05, 3.63) is 217 Å². The molecule has 0 saturated carbocycles. The Kier molecular flexibility index (Phi) is 13.1. The number of ether oxygens (including phenoxy) is 1. The van der Waals surface area contributed by atoms with Crippen molar-refractivity contribution in [1.29, 1.82) is 0 Å². The number of nitrogens with two attached hydrogens (primary N) is 1. The Labute approximate surface area is 370 Å². The maximum atomic E-state index is 11.1. The molecule has 308 valence electrons. The average Bonchev–Trinajstić information content (AvgIpc) is 3.28. The van der Waals surface area contributed by atoms with E-state index in [0.29, 0.717) is 5.69 Å². The molecule has 0 radical (unpaired) electrons. The van der Waals surface area contributed by atoms with Crippen LogP contribution in [0.2, 0.25) is 0 Å². The summed E-state index contributed by atoms with van der Waals surface area (Å²) < 4.78 is 35.2. The van der Waals surface area contributed by atoms with Gasteiger partial charge in [-0.05, 0) is 37.1 Å². The Morgan fingerprint density at radius 3 is 1.28 bits per heavy atom. The first-order valence-corrected chi connectivity index (χ1v) is 25.7. The van der Waals surface area contributed by atoms with Crippen LogP contribution in [0.25, 0.3) is 11.1 Å². The second-order valence-corrected chi connectivity index (χ2v) is 22.7. The van der Waals surface area contributed by atoms with E-state index in [-0.39, 0.29) is 5.41 Å². The second-order valence-electron chi connectivity index (χ2n) is 14.9. The van der Waals surface area contributed by atoms with E-state index in [0.717, 1.165) is 32.9 Å². The molecule has 0 unspecified atom stereocenters. The first-order chi connectivity index (χ1) is 29.6. The Morgan fingerprint density at radius 1 is 0.492 bits per heavy atom. The van der Waals surface area contributed by atoms with Crippen LogP contribution in [0.5, 0.6) is 11.5 Å². The number of anilines is 1. The third-order valence-electron chi connectivity index (χ3n) is 10.4. The van der Waals surface area contributed by atoms with Crippen LogP contribution in [0.3, 0.4) is 0 Å². The molecule has 61 heavy (non-hydrogen) atoms. The molecule has 9 heteroatoms. The fraction of sp³-hybridized carbons (Fsp3) is 0.0769. The van der Waals surface area contributed by atoms with E-state index in [1.807, 2.05) is 48.5 Å². The molecule has 5 nitrogen and oxygen atoms in total. The van der Waals surface area contributed by atoms with Crippen molar-refractivity contribution >= 4 is 67.5 Å². The van der Waals surface area contributed by atoms with Crippen molar-refractivity contribution in [2.75, 3.05) is 12.0 Å². The van der Waals surface area contributed by atoms with Crippen LogP contribution in [-0.2, 0) is 36.8 Å². The molecular weight excluding hydrogens is 903 g/mol. The number of hydrogen-bond donors (Lipinski definition) is 1. The predicted octanol–water partition coefficient (Wildman–Crippen LogP) is 9.17. The van der Waals surface area contributed by atoms with Crippen molar-refractivity contribution in [1.82, 2.24) is 0 Å². The summed E-state index contributed by atoms with van der Waals surface area (Å²) in [6, 6.07) is 72.1. The number of rotatable bonds is 10. The monoisotopic (exact) mass is 947 g/mol. The molecule has 2 N–H and O–H groups in total. The number of benzene rings is 8. The van der Waals surface area contributed by atoms with Gasteiger partial charge in [0.2, 0.25) is 0 Å². The molecule has 0 amide bonds. The molecule has 0 bridgehead atoms. The molecule has 0 fully saturated rings. The summed E-state index contributed by atoms with van der Waals surface area (Å²) in [6.45, 7) is 4.70. The van der Waals surface area contributed by atoms with Crippen LogP contribution < -0.4 is 46.3 Å². The van der Waals surface area contributed by atoms with E-state index >= 15 is 0 Å². The number of para-hydroxylation sites is 3. The average molecular weight is 948 g/mol. The summed E-state index contributed by atoms with van der Waals surface area (Å²) >= 11 is -0.483. The van der Waals surface area contributed by atoms with Crippen molar-refractivity contribution in [2.24, 2.45) is 0 Å². The Morgan fingerprint density at radius 2 is 0.869 bits per heavy atom.